The van der Waals surface area contributed by atoms with Crippen LogP contribution in [0.2, 0.25) is 5.02 Å². The molecule has 0 radical (unpaired) electrons. The molecule has 1 heterocycles. The van der Waals surface area contributed by atoms with E-state index in [-0.39, 0.29) is 10.9 Å². The van der Waals surface area contributed by atoms with Gasteiger partial charge in [-0.2, -0.15) is 8.78 Å². The van der Waals surface area contributed by atoms with Gasteiger partial charge in [0.1, 0.15) is 5.56 Å². The minimum atomic E-state index is -3.22. The highest BCUT2D eigenvalue weighted by molar-refractivity contribution is 7.15. The molecule has 2 aromatic carbocycles. The lowest BCUT2D eigenvalue weighted by atomic mass is 10.1. The second-order valence-corrected chi connectivity index (χ2v) is 7.60. The molecule has 31 heavy (non-hydrogen) atoms. The maximum atomic E-state index is 12.6. The van der Waals surface area contributed by atoms with Crippen molar-refractivity contribution in [3.05, 3.63) is 73.7 Å². The molecule has 3 aromatic rings. The van der Waals surface area contributed by atoms with Gasteiger partial charge in [-0.05, 0) is 17.7 Å². The Hall–Kier alpha value is -3.31. The molecule has 0 spiro atoms. The first kappa shape index (κ1) is 22.4. The van der Waals surface area contributed by atoms with Gasteiger partial charge in [0.15, 0.2) is 16.6 Å². The molecular weight excluding hydrogens is 456 g/mol. The fourth-order valence-corrected chi connectivity index (χ4v) is 3.61. The van der Waals surface area contributed by atoms with E-state index in [1.807, 2.05) is 12.1 Å². The van der Waals surface area contributed by atoms with E-state index < -0.39 is 34.4 Å². The molecule has 0 bridgehead atoms. The zero-order valence-corrected chi connectivity index (χ0v) is 17.4. The third-order valence-corrected chi connectivity index (χ3v) is 5.17. The lowest BCUT2D eigenvalue weighted by Gasteiger charge is -2.11. The van der Waals surface area contributed by atoms with Gasteiger partial charge in [-0.3, -0.25) is 20.2 Å². The predicted octanol–water partition coefficient (Wildman–Crippen LogP) is 5.16. The van der Waals surface area contributed by atoms with Gasteiger partial charge in [0.25, 0.3) is 11.6 Å². The molecule has 0 saturated heterocycles. The van der Waals surface area contributed by atoms with E-state index in [0.717, 1.165) is 23.6 Å². The molecule has 12 heteroatoms. The summed E-state index contributed by atoms with van der Waals surface area (Å²) in [5, 5.41) is 14.7. The Morgan fingerprint density at radius 2 is 2.00 bits per heavy atom. The molecule has 162 valence electrons. The number of carbonyl (C=O) groups excluding carboxylic acids is 1. The van der Waals surface area contributed by atoms with Crippen LogP contribution in [0.3, 0.4) is 0 Å². The maximum Gasteiger partial charge on any atom is 0.387 e. The summed E-state index contributed by atoms with van der Waals surface area (Å²) in [5.41, 5.74) is -0.120. The van der Waals surface area contributed by atoms with Crippen LogP contribution in [0.25, 0.3) is 0 Å². The van der Waals surface area contributed by atoms with E-state index >= 15 is 0 Å². The van der Waals surface area contributed by atoms with Crippen LogP contribution in [0.5, 0.6) is 11.5 Å². The molecule has 0 aliphatic rings. The molecular formula is C19H14ClF2N3O5S. The normalized spacial score (nSPS) is 10.7. The summed E-state index contributed by atoms with van der Waals surface area (Å²) < 4.78 is 34.3. The summed E-state index contributed by atoms with van der Waals surface area (Å²) in [4.78, 5) is 28.1. The second kappa shape index (κ2) is 9.67. The van der Waals surface area contributed by atoms with Gasteiger partial charge < -0.3 is 9.47 Å². The number of hydrogen-bond acceptors (Lipinski definition) is 7. The van der Waals surface area contributed by atoms with Gasteiger partial charge in [0.2, 0.25) is 0 Å². The smallest absolute Gasteiger partial charge is 0.387 e. The molecule has 0 unspecified atom stereocenters. The van der Waals surface area contributed by atoms with Gasteiger partial charge in [-0.15, -0.1) is 11.3 Å². The standard InChI is InChI=1S/C19H14ClF2N3O5S/c1-29-15-7-13(14(25(27)28)8-16(15)30-18(21)22)17(26)24-19-23-9-12(31-19)6-10-2-4-11(20)5-3-10/h2-5,7-9,18H,6H2,1H3,(H,23,24,26). The molecule has 1 aromatic heterocycles. The summed E-state index contributed by atoms with van der Waals surface area (Å²) >= 11 is 7.06. The molecule has 0 aliphatic heterocycles. The summed E-state index contributed by atoms with van der Waals surface area (Å²) in [6, 6.07) is 8.92. The van der Waals surface area contributed by atoms with Crippen LogP contribution in [-0.4, -0.2) is 29.5 Å². The van der Waals surface area contributed by atoms with Crippen molar-refractivity contribution in [2.24, 2.45) is 0 Å². The van der Waals surface area contributed by atoms with Gasteiger partial charge in [0, 0.05) is 28.6 Å². The number of ether oxygens (including phenoxy) is 2. The first-order valence-electron chi connectivity index (χ1n) is 8.58. The van der Waals surface area contributed by atoms with Crippen LogP contribution in [0, 0.1) is 10.1 Å². The Bertz CT molecular complexity index is 1110. The molecule has 8 nitrogen and oxygen atoms in total. The second-order valence-electron chi connectivity index (χ2n) is 6.04. The monoisotopic (exact) mass is 469 g/mol. The lowest BCUT2D eigenvalue weighted by molar-refractivity contribution is -0.385. The van der Waals surface area contributed by atoms with Crippen molar-refractivity contribution in [3.63, 3.8) is 0 Å². The van der Waals surface area contributed by atoms with Crippen LogP contribution in [-0.2, 0) is 6.42 Å². The van der Waals surface area contributed by atoms with E-state index in [0.29, 0.717) is 17.5 Å². The van der Waals surface area contributed by atoms with Gasteiger partial charge in [0.05, 0.1) is 18.1 Å². The number of aromatic nitrogens is 1. The van der Waals surface area contributed by atoms with Crippen molar-refractivity contribution in [3.8, 4) is 11.5 Å². The Balaban J connectivity index is 1.82. The summed E-state index contributed by atoms with van der Waals surface area (Å²) in [6.07, 6.45) is 2.13. The van der Waals surface area contributed by atoms with Crippen LogP contribution in [0.15, 0.2) is 42.6 Å². The minimum absolute atomic E-state index is 0.218. The minimum Gasteiger partial charge on any atom is -0.493 e. The molecule has 0 atom stereocenters. The van der Waals surface area contributed by atoms with Crippen molar-refractivity contribution in [2.75, 3.05) is 12.4 Å². The molecule has 0 saturated carbocycles. The van der Waals surface area contributed by atoms with Crippen molar-refractivity contribution in [1.29, 1.82) is 0 Å². The summed E-state index contributed by atoms with van der Waals surface area (Å²) in [6.45, 7) is -3.22. The van der Waals surface area contributed by atoms with E-state index in [1.165, 1.54) is 11.3 Å². The van der Waals surface area contributed by atoms with Crippen LogP contribution < -0.4 is 14.8 Å². The van der Waals surface area contributed by atoms with E-state index in [1.54, 1.807) is 18.3 Å². The Kier molecular flexibility index (Phi) is 6.98. The zero-order chi connectivity index (χ0) is 22.5. The quantitative estimate of drug-likeness (QED) is 0.361. The number of halogens is 3. The molecule has 3 rings (SSSR count). The molecule has 1 N–H and O–H groups in total. The highest BCUT2D eigenvalue weighted by Gasteiger charge is 2.26. The lowest BCUT2D eigenvalue weighted by Crippen LogP contribution is -2.15. The van der Waals surface area contributed by atoms with Crippen molar-refractivity contribution in [2.45, 2.75) is 13.0 Å². The number of amides is 1. The maximum absolute atomic E-state index is 12.6. The largest absolute Gasteiger partial charge is 0.493 e. The fraction of sp³-hybridized carbons (Fsp3) is 0.158. The molecule has 0 aliphatic carbocycles. The number of nitrogens with one attached hydrogen (secondary N) is 1. The third kappa shape index (κ3) is 5.64. The van der Waals surface area contributed by atoms with Crippen molar-refractivity contribution >= 4 is 39.7 Å². The number of nitro benzene ring substituents is 1. The number of nitro groups is 1. The van der Waals surface area contributed by atoms with Crippen LogP contribution in [0.1, 0.15) is 20.8 Å². The van der Waals surface area contributed by atoms with Crippen molar-refractivity contribution in [1.82, 2.24) is 4.98 Å². The van der Waals surface area contributed by atoms with Gasteiger partial charge in [-0.25, -0.2) is 4.98 Å². The molecule has 1 amide bonds. The number of anilines is 1. The Labute approximate surface area is 183 Å². The first-order chi connectivity index (χ1) is 14.8. The van der Waals surface area contributed by atoms with E-state index in [9.17, 15) is 23.7 Å². The SMILES string of the molecule is COc1cc(C(=O)Nc2ncc(Cc3ccc(Cl)cc3)s2)c([N+](=O)[O-])cc1OC(F)F. The predicted molar refractivity (Wildman–Crippen MR) is 111 cm³/mol. The number of thiazole rings is 1. The topological polar surface area (TPSA) is 104 Å². The Morgan fingerprint density at radius 3 is 2.61 bits per heavy atom. The van der Waals surface area contributed by atoms with Gasteiger partial charge >= 0.3 is 6.61 Å². The fourth-order valence-electron chi connectivity index (χ4n) is 2.64. The van der Waals surface area contributed by atoms with E-state index in [2.05, 4.69) is 15.0 Å². The van der Waals surface area contributed by atoms with Gasteiger partial charge in [-0.1, -0.05) is 23.7 Å². The van der Waals surface area contributed by atoms with Crippen LogP contribution >= 0.6 is 22.9 Å². The van der Waals surface area contributed by atoms with Crippen molar-refractivity contribution < 1.29 is 28.0 Å². The highest BCUT2D eigenvalue weighted by atomic mass is 35.5. The number of methoxy groups -OCH3 is 1. The highest BCUT2D eigenvalue weighted by Crippen LogP contribution is 2.36. The van der Waals surface area contributed by atoms with Crippen LogP contribution in [0.4, 0.5) is 19.6 Å². The number of alkyl halides is 2. The summed E-state index contributed by atoms with van der Waals surface area (Å²) in [7, 11) is 1.16. The Morgan fingerprint density at radius 1 is 1.29 bits per heavy atom. The number of rotatable bonds is 8. The number of nitrogens with zero attached hydrogens (tertiary/aromatic N) is 2. The number of benzene rings is 2. The summed E-state index contributed by atoms with van der Waals surface area (Å²) in [5.74, 6) is -1.65. The average molecular weight is 470 g/mol. The number of carbonyl (C=O) groups is 1. The first-order valence-corrected chi connectivity index (χ1v) is 9.78. The third-order valence-electron chi connectivity index (χ3n) is 4.00. The molecule has 0 fully saturated rings. The average Bonchev–Trinajstić information content (AvgIpc) is 3.15. The number of hydrogen-bond donors (Lipinski definition) is 1. The van der Waals surface area contributed by atoms with E-state index in [4.69, 9.17) is 16.3 Å². The zero-order valence-electron chi connectivity index (χ0n) is 15.8.